The van der Waals surface area contributed by atoms with Crippen molar-refractivity contribution in [2.24, 2.45) is 5.92 Å². The first-order valence-electron chi connectivity index (χ1n) is 15.4. The summed E-state index contributed by atoms with van der Waals surface area (Å²) >= 11 is 0. The number of carbonyl (C=O) groups is 1. The van der Waals surface area contributed by atoms with Crippen LogP contribution in [0.2, 0.25) is 0 Å². The van der Waals surface area contributed by atoms with Crippen LogP contribution in [0.1, 0.15) is 25.0 Å². The number of rotatable bonds is 16. The van der Waals surface area contributed by atoms with E-state index in [-0.39, 0.29) is 12.7 Å². The molecule has 1 amide bonds. The van der Waals surface area contributed by atoms with Crippen LogP contribution in [0.25, 0.3) is 11.3 Å². The van der Waals surface area contributed by atoms with Crippen molar-refractivity contribution in [2.45, 2.75) is 27.4 Å². The van der Waals surface area contributed by atoms with Gasteiger partial charge in [0, 0.05) is 54.3 Å². The zero-order valence-corrected chi connectivity index (χ0v) is 27.3. The summed E-state index contributed by atoms with van der Waals surface area (Å²) in [6.45, 7) is 19.7. The Bertz CT molecular complexity index is 1710. The maximum absolute atomic E-state index is 12.6. The van der Waals surface area contributed by atoms with Gasteiger partial charge < -0.3 is 25.0 Å². The highest BCUT2D eigenvalue weighted by molar-refractivity contribution is 5.69. The summed E-state index contributed by atoms with van der Waals surface area (Å²) in [5, 5.41) is 6.65. The van der Waals surface area contributed by atoms with Gasteiger partial charge in [0.15, 0.2) is 6.79 Å². The van der Waals surface area contributed by atoms with Gasteiger partial charge in [-0.3, -0.25) is 4.98 Å². The van der Waals surface area contributed by atoms with Crippen LogP contribution in [0.5, 0.6) is 0 Å². The van der Waals surface area contributed by atoms with Crippen molar-refractivity contribution in [3.05, 3.63) is 145 Å². The molecule has 0 bridgehead atoms. The van der Waals surface area contributed by atoms with Crippen LogP contribution in [-0.4, -0.2) is 45.8 Å². The summed E-state index contributed by atoms with van der Waals surface area (Å²) in [4.78, 5) is 27.5. The van der Waals surface area contributed by atoms with E-state index in [0.717, 1.165) is 39.3 Å². The van der Waals surface area contributed by atoms with Crippen molar-refractivity contribution in [1.82, 2.24) is 19.9 Å². The summed E-state index contributed by atoms with van der Waals surface area (Å²) in [6, 6.07) is 21.4. The Hall–Kier alpha value is -5.54. The number of hydrogen-bond acceptors (Lipinski definition) is 8. The van der Waals surface area contributed by atoms with Gasteiger partial charge in [0.2, 0.25) is 5.95 Å². The van der Waals surface area contributed by atoms with Gasteiger partial charge in [0.05, 0.1) is 12.3 Å². The largest absolute Gasteiger partial charge is 0.422 e. The van der Waals surface area contributed by atoms with Gasteiger partial charge in [0.25, 0.3) is 0 Å². The van der Waals surface area contributed by atoms with E-state index in [1.54, 1.807) is 23.5 Å². The molecule has 0 aliphatic heterocycles. The van der Waals surface area contributed by atoms with E-state index in [1.165, 1.54) is 0 Å². The maximum Gasteiger partial charge on any atom is 0.411 e. The lowest BCUT2D eigenvalue weighted by Gasteiger charge is -2.24. The summed E-state index contributed by atoms with van der Waals surface area (Å²) < 4.78 is 10.8. The normalized spacial score (nSPS) is 11.5. The fourth-order valence-electron chi connectivity index (χ4n) is 4.47. The van der Waals surface area contributed by atoms with E-state index >= 15 is 0 Å². The number of amides is 1. The lowest BCUT2D eigenvalue weighted by Crippen LogP contribution is -2.35. The van der Waals surface area contributed by atoms with Crippen LogP contribution in [0.3, 0.4) is 0 Å². The number of aromatic nitrogens is 3. The Morgan fingerprint density at radius 2 is 1.83 bits per heavy atom. The number of benzene rings is 2. The summed E-state index contributed by atoms with van der Waals surface area (Å²) in [5.41, 5.74) is 7.61. The lowest BCUT2D eigenvalue weighted by atomic mass is 10.0. The second-order valence-electron chi connectivity index (χ2n) is 11.0. The van der Waals surface area contributed by atoms with E-state index in [9.17, 15) is 4.79 Å². The smallest absolute Gasteiger partial charge is 0.411 e. The number of nitrogens with one attached hydrogen (secondary N) is 2. The van der Waals surface area contributed by atoms with Crippen molar-refractivity contribution >= 4 is 23.4 Å². The molecule has 0 fully saturated rings. The third kappa shape index (κ3) is 10.5. The van der Waals surface area contributed by atoms with Crippen LogP contribution in [0, 0.1) is 12.8 Å². The number of ether oxygens (including phenoxy) is 2. The predicted molar refractivity (Wildman–Crippen MR) is 189 cm³/mol. The Kier molecular flexibility index (Phi) is 12.6. The van der Waals surface area contributed by atoms with Gasteiger partial charge in [-0.1, -0.05) is 80.8 Å². The molecule has 1 atom stereocenters. The van der Waals surface area contributed by atoms with Crippen LogP contribution in [-0.2, 0) is 16.1 Å². The van der Waals surface area contributed by atoms with E-state index < -0.39 is 6.09 Å². The SMILES string of the molecule is C=C(/C=C\C(=C)C(C)CN(CC)C(=O)OCOCc1ccccc1)C(=C)Nc1ccc(C)c(Nc2nccc(-c3cccnc3)n2)c1. The minimum Gasteiger partial charge on any atom is -0.422 e. The number of carbonyl (C=O) groups excluding carboxylic acids is 1. The molecule has 242 valence electrons. The van der Waals surface area contributed by atoms with Crippen LogP contribution in [0.4, 0.5) is 22.1 Å². The molecule has 0 aliphatic carbocycles. The fraction of sp³-hybridized carbons (Fsp3) is 0.211. The van der Waals surface area contributed by atoms with Gasteiger partial charge in [0.1, 0.15) is 0 Å². The number of hydrogen-bond donors (Lipinski definition) is 2. The number of nitrogens with zero attached hydrogens (tertiary/aromatic N) is 4. The molecule has 4 aromatic rings. The molecule has 0 saturated carbocycles. The number of anilines is 3. The standard InChI is InChI=1S/C38H42N6O3/c1-7-44(38(45)47-26-46-25-32-12-9-8-10-13-32)24-30(5)27(2)15-16-28(3)31(6)41-34-18-17-29(4)36(22-34)43-37-40-21-19-35(42-37)33-14-11-20-39-23-33/h8-23,30,41H,2-3,6-7,24-26H2,1,4-5H3,(H,40,42,43)/b16-15-. The van der Waals surface area contributed by atoms with Gasteiger partial charge in [-0.25, -0.2) is 14.8 Å². The lowest BCUT2D eigenvalue weighted by molar-refractivity contribution is -0.0354. The highest BCUT2D eigenvalue weighted by Gasteiger charge is 2.17. The summed E-state index contributed by atoms with van der Waals surface area (Å²) in [5.74, 6) is 0.472. The molecule has 0 saturated heterocycles. The summed E-state index contributed by atoms with van der Waals surface area (Å²) in [7, 11) is 0. The summed E-state index contributed by atoms with van der Waals surface area (Å²) in [6.07, 6.45) is 8.56. The van der Waals surface area contributed by atoms with Crippen LogP contribution < -0.4 is 10.6 Å². The zero-order valence-electron chi connectivity index (χ0n) is 27.3. The zero-order chi connectivity index (χ0) is 33.6. The molecule has 0 radical (unpaired) electrons. The maximum atomic E-state index is 12.6. The van der Waals surface area contributed by atoms with Crippen molar-refractivity contribution < 1.29 is 14.3 Å². The molecule has 2 N–H and O–H groups in total. The predicted octanol–water partition coefficient (Wildman–Crippen LogP) is 8.45. The Labute approximate surface area is 277 Å². The quantitative estimate of drug-likeness (QED) is 0.0723. The molecule has 0 aliphatic rings. The Morgan fingerprint density at radius 1 is 1.02 bits per heavy atom. The van der Waals surface area contributed by atoms with Gasteiger partial charge in [-0.2, -0.15) is 0 Å². The topological polar surface area (TPSA) is 102 Å². The highest BCUT2D eigenvalue weighted by Crippen LogP contribution is 2.26. The third-order valence-electron chi connectivity index (χ3n) is 7.42. The van der Waals surface area contributed by atoms with E-state index in [1.807, 2.05) is 99.7 Å². The molecule has 0 spiro atoms. The average Bonchev–Trinajstić information content (AvgIpc) is 3.10. The molecule has 2 heterocycles. The molecular formula is C38H42N6O3. The van der Waals surface area contributed by atoms with Crippen molar-refractivity contribution in [1.29, 1.82) is 0 Å². The minimum absolute atomic E-state index is 0.0115. The second kappa shape index (κ2) is 17.2. The average molecular weight is 631 g/mol. The molecule has 9 heteroatoms. The molecule has 1 unspecified atom stereocenters. The molecule has 2 aromatic heterocycles. The molecular weight excluding hydrogens is 588 g/mol. The van der Waals surface area contributed by atoms with E-state index in [4.69, 9.17) is 9.47 Å². The molecule has 9 nitrogen and oxygen atoms in total. The fourth-order valence-corrected chi connectivity index (χ4v) is 4.47. The number of allylic oxidation sites excluding steroid dienone is 2. The minimum atomic E-state index is -0.425. The number of aryl methyl sites for hydroxylation is 1. The molecule has 4 rings (SSSR count). The monoisotopic (exact) mass is 630 g/mol. The van der Waals surface area contributed by atoms with Crippen molar-refractivity contribution in [2.75, 3.05) is 30.5 Å². The Balaban J connectivity index is 1.26. The second-order valence-corrected chi connectivity index (χ2v) is 11.0. The Morgan fingerprint density at radius 3 is 2.57 bits per heavy atom. The first-order chi connectivity index (χ1) is 22.7. The van der Waals surface area contributed by atoms with Gasteiger partial charge in [-0.15, -0.1) is 0 Å². The van der Waals surface area contributed by atoms with Crippen molar-refractivity contribution in [3.8, 4) is 11.3 Å². The first-order valence-corrected chi connectivity index (χ1v) is 15.4. The first kappa shape index (κ1) is 34.3. The van der Waals surface area contributed by atoms with Crippen LogP contribution >= 0.6 is 0 Å². The van der Waals surface area contributed by atoms with Gasteiger partial charge in [-0.05, 0) is 66.8 Å². The molecule has 47 heavy (non-hydrogen) atoms. The molecule has 2 aromatic carbocycles. The van der Waals surface area contributed by atoms with Gasteiger partial charge >= 0.3 is 6.09 Å². The number of pyridine rings is 1. The van der Waals surface area contributed by atoms with Crippen LogP contribution in [0.15, 0.2) is 134 Å². The van der Waals surface area contributed by atoms with Crippen molar-refractivity contribution in [3.63, 3.8) is 0 Å². The highest BCUT2D eigenvalue weighted by atomic mass is 16.7. The van der Waals surface area contributed by atoms with E-state index in [2.05, 4.69) is 45.3 Å². The van der Waals surface area contributed by atoms with E-state index in [0.29, 0.717) is 36.9 Å². The third-order valence-corrected chi connectivity index (χ3v) is 7.42.